The molecule has 3 heterocycles. The Morgan fingerprint density at radius 2 is 2.19 bits per heavy atom. The van der Waals surface area contributed by atoms with Crippen LogP contribution in [0.2, 0.25) is 0 Å². The minimum atomic E-state index is -0.0845. The van der Waals surface area contributed by atoms with Crippen LogP contribution in [0.4, 0.5) is 5.95 Å². The van der Waals surface area contributed by atoms with Gasteiger partial charge in [0.25, 0.3) is 0 Å². The summed E-state index contributed by atoms with van der Waals surface area (Å²) in [7, 11) is 0. The van der Waals surface area contributed by atoms with Crippen LogP contribution in [-0.4, -0.2) is 20.9 Å². The van der Waals surface area contributed by atoms with Gasteiger partial charge in [0.15, 0.2) is 0 Å². The Kier molecular flexibility index (Phi) is 3.79. The average molecular weight is 298 g/mol. The number of aryl methyl sites for hydroxylation is 1. The minimum Gasteiger partial charge on any atom is -0.323 e. The van der Waals surface area contributed by atoms with E-state index in [1.807, 2.05) is 37.3 Å². The van der Waals surface area contributed by atoms with Crippen LogP contribution in [-0.2, 0) is 11.2 Å². The zero-order valence-corrected chi connectivity index (χ0v) is 12.3. The third-order valence-electron chi connectivity index (χ3n) is 2.91. The van der Waals surface area contributed by atoms with E-state index in [9.17, 15) is 4.79 Å². The molecule has 5 nitrogen and oxygen atoms in total. The molecule has 0 aromatic carbocycles. The molecule has 0 saturated heterocycles. The molecule has 3 rings (SSSR count). The molecule has 106 valence electrons. The van der Waals surface area contributed by atoms with Gasteiger partial charge in [-0.2, -0.15) is 0 Å². The van der Waals surface area contributed by atoms with Gasteiger partial charge in [-0.05, 0) is 31.2 Å². The minimum absolute atomic E-state index is 0.0845. The second-order valence-electron chi connectivity index (χ2n) is 4.60. The molecule has 0 bridgehead atoms. The maximum Gasteiger partial charge on any atom is 0.231 e. The normalized spacial score (nSPS) is 10.5. The second kappa shape index (κ2) is 5.88. The first kappa shape index (κ1) is 13.5. The van der Waals surface area contributed by atoms with Crippen LogP contribution < -0.4 is 5.32 Å². The predicted octanol–water partition coefficient (Wildman–Crippen LogP) is 3.02. The lowest BCUT2D eigenvalue weighted by Gasteiger charge is -2.00. The molecule has 21 heavy (non-hydrogen) atoms. The highest BCUT2D eigenvalue weighted by Gasteiger charge is 2.09. The molecule has 0 atom stereocenters. The highest BCUT2D eigenvalue weighted by atomic mass is 32.1. The summed E-state index contributed by atoms with van der Waals surface area (Å²) in [5.41, 5.74) is 1.57. The fraction of sp³-hybridized carbons (Fsp3) is 0.133. The summed E-state index contributed by atoms with van der Waals surface area (Å²) >= 11 is 1.63. The van der Waals surface area contributed by atoms with Gasteiger partial charge in [-0.3, -0.25) is 15.1 Å². The van der Waals surface area contributed by atoms with Crippen LogP contribution in [0.5, 0.6) is 0 Å². The monoisotopic (exact) mass is 298 g/mol. The maximum absolute atomic E-state index is 12.0. The van der Waals surface area contributed by atoms with Crippen molar-refractivity contribution in [3.8, 4) is 11.4 Å². The first-order valence-corrected chi connectivity index (χ1v) is 7.34. The third kappa shape index (κ3) is 3.35. The lowest BCUT2D eigenvalue weighted by atomic mass is 10.3. The van der Waals surface area contributed by atoms with E-state index in [4.69, 9.17) is 0 Å². The molecule has 0 aliphatic rings. The Labute approximate surface area is 126 Å². The van der Waals surface area contributed by atoms with Crippen molar-refractivity contribution in [3.05, 3.63) is 52.5 Å². The first-order valence-electron chi connectivity index (χ1n) is 6.52. The Morgan fingerprint density at radius 1 is 1.29 bits per heavy atom. The maximum atomic E-state index is 12.0. The van der Waals surface area contributed by atoms with E-state index in [-0.39, 0.29) is 5.91 Å². The number of aromatic amines is 1. The number of rotatable bonds is 4. The highest BCUT2D eigenvalue weighted by molar-refractivity contribution is 7.12. The lowest BCUT2D eigenvalue weighted by molar-refractivity contribution is -0.115. The van der Waals surface area contributed by atoms with Gasteiger partial charge in [-0.1, -0.05) is 6.07 Å². The molecule has 2 N–H and O–H groups in total. The van der Waals surface area contributed by atoms with Gasteiger partial charge < -0.3 is 4.98 Å². The molecule has 0 unspecified atom stereocenters. The highest BCUT2D eigenvalue weighted by Crippen LogP contribution is 2.17. The van der Waals surface area contributed by atoms with Crippen molar-refractivity contribution in [2.45, 2.75) is 13.3 Å². The summed E-state index contributed by atoms with van der Waals surface area (Å²) in [5, 5.41) is 2.76. The van der Waals surface area contributed by atoms with Crippen molar-refractivity contribution in [2.75, 3.05) is 5.32 Å². The van der Waals surface area contributed by atoms with Crippen LogP contribution in [0.3, 0.4) is 0 Å². The van der Waals surface area contributed by atoms with Gasteiger partial charge in [0.05, 0.1) is 24.0 Å². The predicted molar refractivity (Wildman–Crippen MR) is 83.2 cm³/mol. The van der Waals surface area contributed by atoms with Gasteiger partial charge in [-0.25, -0.2) is 4.98 Å². The molecule has 0 aliphatic heterocycles. The molecule has 3 aromatic rings. The Balaban J connectivity index is 1.66. The zero-order chi connectivity index (χ0) is 14.7. The number of imidazole rings is 1. The zero-order valence-electron chi connectivity index (χ0n) is 11.5. The van der Waals surface area contributed by atoms with Gasteiger partial charge in [0.2, 0.25) is 11.9 Å². The van der Waals surface area contributed by atoms with Crippen LogP contribution in [0, 0.1) is 6.92 Å². The Morgan fingerprint density at radius 3 is 2.90 bits per heavy atom. The number of pyridine rings is 1. The van der Waals surface area contributed by atoms with Gasteiger partial charge in [-0.15, -0.1) is 11.3 Å². The fourth-order valence-electron chi connectivity index (χ4n) is 1.95. The van der Waals surface area contributed by atoms with Gasteiger partial charge in [0.1, 0.15) is 0 Å². The molecule has 0 fully saturated rings. The summed E-state index contributed by atoms with van der Waals surface area (Å²) < 4.78 is 0. The van der Waals surface area contributed by atoms with Crippen molar-refractivity contribution in [3.63, 3.8) is 0 Å². The van der Waals surface area contributed by atoms with Gasteiger partial charge in [0, 0.05) is 16.0 Å². The molecule has 0 aliphatic carbocycles. The molecule has 3 aromatic heterocycles. The quantitative estimate of drug-likeness (QED) is 0.777. The molecular weight excluding hydrogens is 284 g/mol. The van der Waals surface area contributed by atoms with E-state index in [1.54, 1.807) is 23.7 Å². The first-order chi connectivity index (χ1) is 10.2. The molecule has 0 radical (unpaired) electrons. The van der Waals surface area contributed by atoms with Crippen LogP contribution in [0.25, 0.3) is 11.4 Å². The topological polar surface area (TPSA) is 70.7 Å². The largest absolute Gasteiger partial charge is 0.323 e. The van der Waals surface area contributed by atoms with Crippen molar-refractivity contribution < 1.29 is 4.79 Å². The Hall–Kier alpha value is -2.47. The summed E-state index contributed by atoms with van der Waals surface area (Å²) in [6.45, 7) is 2.03. The number of hydrogen-bond acceptors (Lipinski definition) is 4. The molecule has 0 spiro atoms. The molecule has 1 amide bonds. The number of thiophene rings is 1. The average Bonchev–Trinajstić information content (AvgIpc) is 3.09. The standard InChI is InChI=1S/C15H14N4OS/c1-10-5-6-11(21-10)8-14(20)19-15-17-9-13(18-15)12-4-2-3-7-16-12/h2-7,9H,8H2,1H3,(H2,17,18,19,20). The number of nitrogens with zero attached hydrogens (tertiary/aromatic N) is 2. The number of nitrogens with one attached hydrogen (secondary N) is 2. The second-order valence-corrected chi connectivity index (χ2v) is 5.97. The van der Waals surface area contributed by atoms with Crippen molar-refractivity contribution in [1.82, 2.24) is 15.0 Å². The molecule has 0 saturated carbocycles. The van der Waals surface area contributed by atoms with E-state index in [0.717, 1.165) is 16.3 Å². The number of H-pyrrole nitrogens is 1. The van der Waals surface area contributed by atoms with E-state index in [0.29, 0.717) is 12.4 Å². The fourth-order valence-corrected chi connectivity index (χ4v) is 2.84. The van der Waals surface area contributed by atoms with E-state index in [1.165, 1.54) is 4.88 Å². The van der Waals surface area contributed by atoms with E-state index < -0.39 is 0 Å². The van der Waals surface area contributed by atoms with Crippen molar-refractivity contribution in [1.29, 1.82) is 0 Å². The summed E-state index contributed by atoms with van der Waals surface area (Å²) in [4.78, 5) is 25.6. The van der Waals surface area contributed by atoms with Gasteiger partial charge >= 0.3 is 0 Å². The smallest absolute Gasteiger partial charge is 0.231 e. The van der Waals surface area contributed by atoms with E-state index in [2.05, 4.69) is 20.3 Å². The number of aromatic nitrogens is 3. The summed E-state index contributed by atoms with van der Waals surface area (Å²) in [6, 6.07) is 9.63. The number of carbonyl (C=O) groups is 1. The number of anilines is 1. The molecule has 6 heteroatoms. The summed E-state index contributed by atoms with van der Waals surface area (Å²) in [5.74, 6) is 0.354. The number of amides is 1. The van der Waals surface area contributed by atoms with Crippen molar-refractivity contribution >= 4 is 23.2 Å². The lowest BCUT2D eigenvalue weighted by Crippen LogP contribution is -2.14. The third-order valence-corrected chi connectivity index (χ3v) is 3.91. The SMILES string of the molecule is Cc1ccc(CC(=O)Nc2ncc(-c3ccccn3)[nH]2)s1. The van der Waals surface area contributed by atoms with Crippen LogP contribution >= 0.6 is 11.3 Å². The Bertz CT molecular complexity index is 748. The number of carbonyl (C=O) groups excluding carboxylic acids is 1. The number of hydrogen-bond donors (Lipinski definition) is 2. The van der Waals surface area contributed by atoms with Crippen molar-refractivity contribution in [2.24, 2.45) is 0 Å². The summed E-state index contributed by atoms with van der Waals surface area (Å²) in [6.07, 6.45) is 3.74. The molecular formula is C15H14N4OS. The van der Waals surface area contributed by atoms with Crippen LogP contribution in [0.15, 0.2) is 42.7 Å². The van der Waals surface area contributed by atoms with Crippen LogP contribution in [0.1, 0.15) is 9.75 Å². The van der Waals surface area contributed by atoms with E-state index >= 15 is 0 Å².